The summed E-state index contributed by atoms with van der Waals surface area (Å²) >= 11 is 0. The molecule has 0 bridgehead atoms. The fraction of sp³-hybridized carbons (Fsp3) is 0.278. The second-order valence-corrected chi connectivity index (χ2v) is 5.54. The summed E-state index contributed by atoms with van der Waals surface area (Å²) in [7, 11) is 1.72. The van der Waals surface area contributed by atoms with Crippen LogP contribution in [-0.4, -0.2) is 19.5 Å². The minimum atomic E-state index is 0.918. The van der Waals surface area contributed by atoms with Crippen LogP contribution in [0.5, 0.6) is 5.75 Å². The molecule has 2 heterocycles. The SMILES string of the molecule is COc1ccc2c(c1)Cc1ccccc1N2C1=NCCC1. The molecule has 2 aromatic rings. The van der Waals surface area contributed by atoms with E-state index in [0.29, 0.717) is 0 Å². The van der Waals surface area contributed by atoms with E-state index in [-0.39, 0.29) is 0 Å². The zero-order valence-corrected chi connectivity index (χ0v) is 12.2. The third-order valence-corrected chi connectivity index (χ3v) is 4.25. The normalized spacial score (nSPS) is 16.2. The van der Waals surface area contributed by atoms with Gasteiger partial charge in [-0.05, 0) is 41.8 Å². The molecule has 0 amide bonds. The number of hydrogen-bond acceptors (Lipinski definition) is 3. The highest BCUT2D eigenvalue weighted by Crippen LogP contribution is 2.41. The lowest BCUT2D eigenvalue weighted by molar-refractivity contribution is 0.414. The first-order valence-corrected chi connectivity index (χ1v) is 7.45. The summed E-state index contributed by atoms with van der Waals surface area (Å²) in [5.41, 5.74) is 5.18. The van der Waals surface area contributed by atoms with Gasteiger partial charge in [-0.3, -0.25) is 9.89 Å². The van der Waals surface area contributed by atoms with Crippen LogP contribution in [0.25, 0.3) is 0 Å². The van der Waals surface area contributed by atoms with E-state index in [9.17, 15) is 0 Å². The Hall–Kier alpha value is -2.29. The van der Waals surface area contributed by atoms with Gasteiger partial charge >= 0.3 is 0 Å². The number of hydrogen-bond donors (Lipinski definition) is 0. The van der Waals surface area contributed by atoms with Gasteiger partial charge in [0.05, 0.1) is 18.5 Å². The lowest BCUT2D eigenvalue weighted by Crippen LogP contribution is -2.29. The third-order valence-electron chi connectivity index (χ3n) is 4.25. The summed E-state index contributed by atoms with van der Waals surface area (Å²) in [6, 6.07) is 15.0. The minimum Gasteiger partial charge on any atom is -0.497 e. The predicted octanol–water partition coefficient (Wildman–Crippen LogP) is 3.93. The van der Waals surface area contributed by atoms with Crippen LogP contribution in [0.4, 0.5) is 11.4 Å². The van der Waals surface area contributed by atoms with Crippen LogP contribution in [0.15, 0.2) is 47.5 Å². The molecule has 0 atom stereocenters. The van der Waals surface area contributed by atoms with Crippen LogP contribution < -0.4 is 9.64 Å². The van der Waals surface area contributed by atoms with Gasteiger partial charge in [-0.1, -0.05) is 18.2 Å². The van der Waals surface area contributed by atoms with Gasteiger partial charge in [0.1, 0.15) is 11.6 Å². The van der Waals surface area contributed by atoms with Crippen LogP contribution in [0, 0.1) is 0 Å². The molecule has 4 rings (SSSR count). The summed E-state index contributed by atoms with van der Waals surface area (Å²) in [6.07, 6.45) is 3.16. The number of methoxy groups -OCH3 is 1. The van der Waals surface area contributed by atoms with Crippen molar-refractivity contribution in [3.8, 4) is 5.75 Å². The van der Waals surface area contributed by atoms with Gasteiger partial charge in [0.2, 0.25) is 0 Å². The summed E-state index contributed by atoms with van der Waals surface area (Å²) in [5, 5.41) is 0. The molecule has 21 heavy (non-hydrogen) atoms. The molecule has 0 N–H and O–H groups in total. The second-order valence-electron chi connectivity index (χ2n) is 5.54. The Morgan fingerprint density at radius 2 is 1.90 bits per heavy atom. The monoisotopic (exact) mass is 278 g/mol. The molecule has 0 saturated heterocycles. The Bertz CT molecular complexity index is 721. The molecular weight excluding hydrogens is 260 g/mol. The molecular formula is C18H18N2O. The van der Waals surface area contributed by atoms with Crippen LogP contribution in [0.2, 0.25) is 0 Å². The fourth-order valence-corrected chi connectivity index (χ4v) is 3.25. The lowest BCUT2D eigenvalue weighted by atomic mass is 9.95. The van der Waals surface area contributed by atoms with Gasteiger partial charge in [0.15, 0.2) is 0 Å². The molecule has 0 spiro atoms. The number of rotatable bonds is 1. The zero-order valence-electron chi connectivity index (χ0n) is 12.2. The van der Waals surface area contributed by atoms with Crippen LogP contribution in [0.3, 0.4) is 0 Å². The maximum Gasteiger partial charge on any atom is 0.119 e. The number of nitrogens with zero attached hydrogens (tertiary/aromatic N) is 2. The van der Waals surface area contributed by atoms with Crippen LogP contribution in [0.1, 0.15) is 24.0 Å². The van der Waals surface area contributed by atoms with Crippen molar-refractivity contribution in [1.82, 2.24) is 0 Å². The molecule has 2 aliphatic rings. The summed E-state index contributed by atoms with van der Waals surface area (Å²) < 4.78 is 5.38. The molecule has 3 heteroatoms. The van der Waals surface area contributed by atoms with Crippen molar-refractivity contribution in [3.63, 3.8) is 0 Å². The van der Waals surface area contributed by atoms with Gasteiger partial charge in [-0.2, -0.15) is 0 Å². The van der Waals surface area contributed by atoms with Crippen molar-refractivity contribution in [2.75, 3.05) is 18.6 Å². The predicted molar refractivity (Wildman–Crippen MR) is 85.9 cm³/mol. The maximum absolute atomic E-state index is 5.38. The van der Waals surface area contributed by atoms with Crippen LogP contribution >= 0.6 is 0 Å². The van der Waals surface area contributed by atoms with Gasteiger partial charge < -0.3 is 4.74 Å². The maximum atomic E-state index is 5.38. The Morgan fingerprint density at radius 1 is 1.05 bits per heavy atom. The lowest BCUT2D eigenvalue weighted by Gasteiger charge is -2.33. The average molecular weight is 278 g/mol. The van der Waals surface area contributed by atoms with E-state index in [4.69, 9.17) is 9.73 Å². The van der Waals surface area contributed by atoms with E-state index in [0.717, 1.165) is 31.6 Å². The van der Waals surface area contributed by atoms with Gasteiger partial charge in [0.25, 0.3) is 0 Å². The van der Waals surface area contributed by atoms with Crippen molar-refractivity contribution in [1.29, 1.82) is 0 Å². The second kappa shape index (κ2) is 4.92. The van der Waals surface area contributed by atoms with Crippen molar-refractivity contribution < 1.29 is 4.74 Å². The number of fused-ring (bicyclic) bond motifs is 2. The molecule has 2 aromatic carbocycles. The topological polar surface area (TPSA) is 24.8 Å². The van der Waals surface area contributed by atoms with E-state index >= 15 is 0 Å². The number of ether oxygens (including phenoxy) is 1. The van der Waals surface area contributed by atoms with Gasteiger partial charge in [-0.25, -0.2) is 0 Å². The first-order chi connectivity index (χ1) is 10.4. The highest BCUT2D eigenvalue weighted by molar-refractivity contribution is 6.07. The summed E-state index contributed by atoms with van der Waals surface area (Å²) in [6.45, 7) is 0.944. The van der Waals surface area contributed by atoms with Crippen molar-refractivity contribution >= 4 is 17.2 Å². The minimum absolute atomic E-state index is 0.918. The Kier molecular flexibility index (Phi) is 2.92. The van der Waals surface area contributed by atoms with Gasteiger partial charge in [-0.15, -0.1) is 0 Å². The smallest absolute Gasteiger partial charge is 0.119 e. The summed E-state index contributed by atoms with van der Waals surface area (Å²) in [5.74, 6) is 2.11. The first kappa shape index (κ1) is 12.5. The molecule has 106 valence electrons. The number of para-hydroxylation sites is 1. The van der Waals surface area contributed by atoms with E-state index in [1.54, 1.807) is 7.11 Å². The number of benzene rings is 2. The standard InChI is InChI=1S/C18H18N2O/c1-21-15-8-9-17-14(12-15)11-13-5-2-3-6-16(13)20(17)18-7-4-10-19-18/h2-3,5-6,8-9,12H,4,7,10-11H2,1H3. The quantitative estimate of drug-likeness (QED) is 0.789. The Balaban J connectivity index is 1.89. The van der Waals surface area contributed by atoms with E-state index < -0.39 is 0 Å². The van der Waals surface area contributed by atoms with E-state index in [1.807, 2.05) is 6.07 Å². The molecule has 0 saturated carbocycles. The highest BCUT2D eigenvalue weighted by atomic mass is 16.5. The van der Waals surface area contributed by atoms with Crippen molar-refractivity contribution in [2.24, 2.45) is 4.99 Å². The Morgan fingerprint density at radius 3 is 2.71 bits per heavy atom. The number of anilines is 2. The molecule has 3 nitrogen and oxygen atoms in total. The largest absolute Gasteiger partial charge is 0.497 e. The zero-order chi connectivity index (χ0) is 14.2. The van der Waals surface area contributed by atoms with E-state index in [2.05, 4.69) is 41.3 Å². The van der Waals surface area contributed by atoms with Crippen molar-refractivity contribution in [3.05, 3.63) is 53.6 Å². The summed E-state index contributed by atoms with van der Waals surface area (Å²) in [4.78, 5) is 7.04. The molecule has 0 unspecified atom stereocenters. The highest BCUT2D eigenvalue weighted by Gasteiger charge is 2.27. The molecule has 0 aromatic heterocycles. The number of aliphatic imine (C=N–C) groups is 1. The molecule has 0 aliphatic carbocycles. The first-order valence-electron chi connectivity index (χ1n) is 7.45. The molecule has 0 radical (unpaired) electrons. The van der Waals surface area contributed by atoms with Gasteiger partial charge in [0, 0.05) is 19.4 Å². The average Bonchev–Trinajstić information content (AvgIpc) is 3.06. The van der Waals surface area contributed by atoms with E-state index in [1.165, 1.54) is 28.3 Å². The fourth-order valence-electron chi connectivity index (χ4n) is 3.25. The van der Waals surface area contributed by atoms with Crippen molar-refractivity contribution in [2.45, 2.75) is 19.3 Å². The molecule has 2 aliphatic heterocycles. The van der Waals surface area contributed by atoms with Crippen LogP contribution in [-0.2, 0) is 6.42 Å². The Labute approximate surface area is 124 Å². The molecule has 0 fully saturated rings. The third kappa shape index (κ3) is 2.00. The number of amidine groups is 1.